The van der Waals surface area contributed by atoms with E-state index in [4.69, 9.17) is 0 Å². The zero-order valence-electron chi connectivity index (χ0n) is 23.7. The van der Waals surface area contributed by atoms with E-state index in [9.17, 15) is 57.5 Å². The molecule has 0 aromatic rings. The average molecular weight is 676 g/mol. The Hall–Kier alpha value is -2.40. The molecule has 1 amide bonds. The summed E-state index contributed by atoms with van der Waals surface area (Å²) < 4.78 is 212. The van der Waals surface area contributed by atoms with Gasteiger partial charge in [-0.15, -0.1) is 19.7 Å². The second-order valence-electron chi connectivity index (χ2n) is 11.1. The van der Waals surface area contributed by atoms with E-state index in [0.717, 1.165) is 0 Å². The van der Waals surface area contributed by atoms with Crippen molar-refractivity contribution in [3.63, 3.8) is 0 Å². The summed E-state index contributed by atoms with van der Waals surface area (Å²) in [5.74, 6) is -26.1. The molecule has 0 aromatic carbocycles. The monoisotopic (exact) mass is 675 g/mol. The zero-order valence-corrected chi connectivity index (χ0v) is 23.7. The third-order valence-corrected chi connectivity index (χ3v) is 6.56. The second-order valence-corrected chi connectivity index (χ2v) is 11.1. The third kappa shape index (κ3) is 9.08. The molecular weight excluding hydrogens is 643 g/mol. The Morgan fingerprint density at radius 2 is 1.11 bits per heavy atom. The van der Waals surface area contributed by atoms with Crippen molar-refractivity contribution >= 4 is 5.91 Å². The molecule has 0 heterocycles. The van der Waals surface area contributed by atoms with Crippen LogP contribution in [0.5, 0.6) is 0 Å². The molecule has 0 rings (SSSR count). The molecule has 0 saturated heterocycles. The Labute approximate surface area is 243 Å². The fourth-order valence-electron chi connectivity index (χ4n) is 4.51. The molecule has 0 fully saturated rings. The molecule has 2 unspecified atom stereocenters. The van der Waals surface area contributed by atoms with Crippen molar-refractivity contribution < 1.29 is 75.4 Å². The summed E-state index contributed by atoms with van der Waals surface area (Å²) in [5.41, 5.74) is -10.0. The molecule has 2 atom stereocenters. The van der Waals surface area contributed by atoms with Crippen LogP contribution in [0.25, 0.3) is 0 Å². The van der Waals surface area contributed by atoms with E-state index >= 15 is 13.2 Å². The number of carbonyl (C=O) groups excluding carboxylic acids is 1. The molecule has 0 saturated carbocycles. The van der Waals surface area contributed by atoms with Gasteiger partial charge in [-0.2, -0.15) is 61.5 Å². The van der Waals surface area contributed by atoms with Gasteiger partial charge < -0.3 is 10.1 Å². The SMILES string of the molecule is C=CCC(CC=C)(CC=C)CNC(=O)C(F)(C(C)OC(F)(F)CC(C)(C)CC(F)(F)F)C(F)(F)C(F)(F)C(F)(F)C(F)(F)F. The second kappa shape index (κ2) is 13.5. The predicted molar refractivity (Wildman–Crippen MR) is 129 cm³/mol. The molecule has 0 aliphatic carbocycles. The summed E-state index contributed by atoms with van der Waals surface area (Å²) in [5, 5.41) is 1.36. The number of nitrogens with one attached hydrogen (secondary N) is 1. The largest absolute Gasteiger partial charge is 0.460 e. The normalized spacial score (nSPS) is 16.6. The number of hydrogen-bond acceptors (Lipinski definition) is 2. The van der Waals surface area contributed by atoms with Gasteiger partial charge in [0.25, 0.3) is 11.6 Å². The zero-order chi connectivity index (χ0) is 35.4. The van der Waals surface area contributed by atoms with Crippen LogP contribution in [0.1, 0.15) is 52.9 Å². The van der Waals surface area contributed by atoms with Crippen LogP contribution in [-0.2, 0) is 9.53 Å². The fraction of sp³-hybridized carbons (Fsp3) is 0.731. The van der Waals surface area contributed by atoms with Gasteiger partial charge in [-0.05, 0) is 37.0 Å². The number of allylic oxidation sites excluding steroid dienone is 3. The number of alkyl halides is 15. The number of carbonyl (C=O) groups is 1. The van der Waals surface area contributed by atoms with Gasteiger partial charge in [0.2, 0.25) is 0 Å². The quantitative estimate of drug-likeness (QED) is 0.116. The highest BCUT2D eigenvalue weighted by Crippen LogP contribution is 2.58. The minimum atomic E-state index is -7.81. The van der Waals surface area contributed by atoms with Gasteiger partial charge in [0.05, 0.1) is 0 Å². The van der Waals surface area contributed by atoms with Gasteiger partial charge in [0.1, 0.15) is 6.10 Å². The lowest BCUT2D eigenvalue weighted by molar-refractivity contribution is -0.416. The number of amides is 1. The van der Waals surface area contributed by atoms with Crippen molar-refractivity contribution in [2.45, 2.75) is 101 Å². The number of hydrogen-bond donors (Lipinski definition) is 1. The average Bonchev–Trinajstić information content (AvgIpc) is 2.78. The van der Waals surface area contributed by atoms with E-state index in [2.05, 4.69) is 24.5 Å². The Morgan fingerprint density at radius 3 is 1.45 bits per heavy atom. The highest BCUT2D eigenvalue weighted by molar-refractivity contribution is 5.87. The first-order valence-electron chi connectivity index (χ1n) is 12.5. The minimum Gasteiger partial charge on any atom is -0.352 e. The molecule has 0 aliphatic rings. The van der Waals surface area contributed by atoms with Gasteiger partial charge in [0, 0.05) is 19.4 Å². The van der Waals surface area contributed by atoms with Crippen LogP contribution in [0, 0.1) is 10.8 Å². The first-order chi connectivity index (χ1) is 19.4. The number of ether oxygens (including phenoxy) is 1. The highest BCUT2D eigenvalue weighted by atomic mass is 19.4. The smallest absolute Gasteiger partial charge is 0.352 e. The van der Waals surface area contributed by atoms with Gasteiger partial charge >= 0.3 is 36.2 Å². The maximum atomic E-state index is 16.1. The first-order valence-corrected chi connectivity index (χ1v) is 12.5. The van der Waals surface area contributed by atoms with Crippen molar-refractivity contribution in [1.29, 1.82) is 0 Å². The topological polar surface area (TPSA) is 38.3 Å². The van der Waals surface area contributed by atoms with Gasteiger partial charge in [-0.1, -0.05) is 32.1 Å². The minimum absolute atomic E-state index is 0.165. The van der Waals surface area contributed by atoms with E-state index in [1.807, 2.05) is 0 Å². The molecule has 0 bridgehead atoms. The van der Waals surface area contributed by atoms with Crippen molar-refractivity contribution in [3.8, 4) is 0 Å². The molecule has 0 radical (unpaired) electrons. The summed E-state index contributed by atoms with van der Waals surface area (Å²) >= 11 is 0. The summed E-state index contributed by atoms with van der Waals surface area (Å²) in [6.45, 7) is 9.98. The van der Waals surface area contributed by atoms with Crippen molar-refractivity contribution in [2.75, 3.05) is 6.54 Å². The summed E-state index contributed by atoms with van der Waals surface area (Å²) in [6.07, 6.45) is -22.7. The maximum absolute atomic E-state index is 16.1. The van der Waals surface area contributed by atoms with E-state index < -0.39 is 84.1 Å². The summed E-state index contributed by atoms with van der Waals surface area (Å²) in [6, 6.07) is 0. The van der Waals surface area contributed by atoms with Crippen LogP contribution in [0.4, 0.5) is 65.9 Å². The van der Waals surface area contributed by atoms with Gasteiger partial charge in [-0.25, -0.2) is 4.39 Å². The first kappa shape index (κ1) is 41.6. The Balaban J connectivity index is 7.06. The molecule has 18 heteroatoms. The lowest BCUT2D eigenvalue weighted by Gasteiger charge is -2.43. The Bertz CT molecular complexity index is 991. The van der Waals surface area contributed by atoms with Crippen LogP contribution in [-0.4, -0.2) is 60.5 Å². The van der Waals surface area contributed by atoms with Crippen molar-refractivity contribution in [2.24, 2.45) is 10.8 Å². The predicted octanol–water partition coefficient (Wildman–Crippen LogP) is 9.36. The summed E-state index contributed by atoms with van der Waals surface area (Å²) in [7, 11) is 0. The van der Waals surface area contributed by atoms with Crippen LogP contribution in [0.2, 0.25) is 0 Å². The van der Waals surface area contributed by atoms with Crippen LogP contribution < -0.4 is 5.32 Å². The molecule has 1 N–H and O–H groups in total. The van der Waals surface area contributed by atoms with E-state index in [-0.39, 0.29) is 26.2 Å². The maximum Gasteiger partial charge on any atom is 0.460 e. The molecule has 258 valence electrons. The molecule has 0 spiro atoms. The van der Waals surface area contributed by atoms with Gasteiger partial charge in [0.15, 0.2) is 0 Å². The molecular formula is C26H32F15NO2. The lowest BCUT2D eigenvalue weighted by atomic mass is 9.77. The molecule has 44 heavy (non-hydrogen) atoms. The molecule has 0 aliphatic heterocycles. The van der Waals surface area contributed by atoms with E-state index in [1.165, 1.54) is 23.5 Å². The number of rotatable bonds is 18. The lowest BCUT2D eigenvalue weighted by Crippen LogP contribution is -2.74. The van der Waals surface area contributed by atoms with Gasteiger partial charge in [-0.3, -0.25) is 4.79 Å². The standard InChI is InChI=1S/C26H32F15NO2/c1-7-10-19(11-8-2,12-9-3)15-42-17(43)22(32,23(33,34)24(35,36)25(37,38)26(39,40)41)16(4)44-21(30,31)14-18(5,6)13-20(27,28)29/h7-9,16H,1-3,10-15H2,4-6H3,(H,42,43). The van der Waals surface area contributed by atoms with E-state index in [1.54, 1.807) is 0 Å². The molecule has 0 aromatic heterocycles. The fourth-order valence-corrected chi connectivity index (χ4v) is 4.51. The van der Waals surface area contributed by atoms with E-state index in [0.29, 0.717) is 13.8 Å². The third-order valence-electron chi connectivity index (χ3n) is 6.56. The Morgan fingerprint density at radius 1 is 0.705 bits per heavy atom. The molecule has 3 nitrogen and oxygen atoms in total. The highest BCUT2D eigenvalue weighted by Gasteiger charge is 2.88. The van der Waals surface area contributed by atoms with Crippen molar-refractivity contribution in [1.82, 2.24) is 5.32 Å². The number of halogens is 15. The van der Waals surface area contributed by atoms with Crippen LogP contribution >= 0.6 is 0 Å². The Kier molecular flexibility index (Phi) is 12.8. The summed E-state index contributed by atoms with van der Waals surface area (Å²) in [4.78, 5) is 12.8. The van der Waals surface area contributed by atoms with Crippen LogP contribution in [0.3, 0.4) is 0 Å². The van der Waals surface area contributed by atoms with Crippen LogP contribution in [0.15, 0.2) is 38.0 Å². The van der Waals surface area contributed by atoms with Crippen molar-refractivity contribution in [3.05, 3.63) is 38.0 Å².